The largest absolute Gasteiger partial charge is 0.299 e. The summed E-state index contributed by atoms with van der Waals surface area (Å²) in [5.41, 5.74) is 0. The predicted octanol–water partition coefficient (Wildman–Crippen LogP) is 0.892. The first-order valence-electron chi connectivity index (χ1n) is 6.99. The molecule has 0 radical (unpaired) electrons. The highest BCUT2D eigenvalue weighted by Gasteiger charge is 2.44. The maximum atomic E-state index is 12.2. The number of aromatic nitrogens is 1. The molecule has 7 heteroatoms. The molecular formula is C14H16N2O4S. The van der Waals surface area contributed by atoms with Crippen molar-refractivity contribution in [2.24, 2.45) is 17.8 Å². The van der Waals surface area contributed by atoms with E-state index in [1.165, 1.54) is 12.3 Å². The molecule has 1 unspecified atom stereocenters. The van der Waals surface area contributed by atoms with Gasteiger partial charge in [0, 0.05) is 24.0 Å². The van der Waals surface area contributed by atoms with Gasteiger partial charge in [-0.2, -0.15) is 8.42 Å². The van der Waals surface area contributed by atoms with Crippen LogP contribution in [-0.2, 0) is 19.6 Å². The second-order valence-electron chi connectivity index (χ2n) is 5.68. The minimum absolute atomic E-state index is 0.0722. The Labute approximate surface area is 123 Å². The minimum atomic E-state index is -3.93. The van der Waals surface area contributed by atoms with Gasteiger partial charge in [0.05, 0.1) is 0 Å². The fraction of sp³-hybridized carbons (Fsp3) is 0.500. The minimum Gasteiger partial charge on any atom is -0.299 e. The Hall–Kier alpha value is -1.76. The van der Waals surface area contributed by atoms with Crippen LogP contribution < -0.4 is 4.72 Å². The molecule has 0 aromatic carbocycles. The number of pyridine rings is 1. The van der Waals surface area contributed by atoms with E-state index in [1.54, 1.807) is 12.1 Å². The Morgan fingerprint density at radius 1 is 1.19 bits per heavy atom. The van der Waals surface area contributed by atoms with Gasteiger partial charge in [0.2, 0.25) is 5.91 Å². The van der Waals surface area contributed by atoms with Gasteiger partial charge < -0.3 is 0 Å². The van der Waals surface area contributed by atoms with Crippen molar-refractivity contribution in [2.45, 2.75) is 30.7 Å². The highest BCUT2D eigenvalue weighted by atomic mass is 32.2. The van der Waals surface area contributed by atoms with E-state index in [0.29, 0.717) is 12.8 Å². The summed E-state index contributed by atoms with van der Waals surface area (Å²) in [5, 5.41) is -0.173. The number of hydrogen-bond acceptors (Lipinski definition) is 5. The van der Waals surface area contributed by atoms with E-state index in [4.69, 9.17) is 0 Å². The van der Waals surface area contributed by atoms with Crippen LogP contribution in [-0.4, -0.2) is 25.1 Å². The molecule has 1 amide bonds. The van der Waals surface area contributed by atoms with Crippen molar-refractivity contribution < 1.29 is 18.0 Å². The number of amides is 1. The van der Waals surface area contributed by atoms with Crippen molar-refractivity contribution in [2.75, 3.05) is 0 Å². The third-order valence-electron chi connectivity index (χ3n) is 4.33. The van der Waals surface area contributed by atoms with Crippen molar-refractivity contribution >= 4 is 21.7 Å². The second-order valence-corrected chi connectivity index (χ2v) is 7.31. The van der Waals surface area contributed by atoms with Crippen molar-refractivity contribution in [3.8, 4) is 0 Å². The Morgan fingerprint density at radius 2 is 1.86 bits per heavy atom. The summed E-state index contributed by atoms with van der Waals surface area (Å²) in [4.78, 5) is 27.7. The van der Waals surface area contributed by atoms with E-state index in [0.717, 1.165) is 12.8 Å². The number of sulfonamides is 1. The molecule has 21 heavy (non-hydrogen) atoms. The van der Waals surface area contributed by atoms with Gasteiger partial charge in [0.1, 0.15) is 5.78 Å². The fourth-order valence-corrected chi connectivity index (χ4v) is 4.25. The maximum absolute atomic E-state index is 12.2. The smallest absolute Gasteiger partial charge is 0.281 e. The van der Waals surface area contributed by atoms with Crippen LogP contribution in [0.4, 0.5) is 0 Å². The zero-order valence-electron chi connectivity index (χ0n) is 11.4. The van der Waals surface area contributed by atoms with E-state index >= 15 is 0 Å². The molecule has 1 aromatic rings. The second kappa shape index (κ2) is 5.22. The molecule has 1 aromatic heterocycles. The summed E-state index contributed by atoms with van der Waals surface area (Å²) in [5.74, 6) is -0.829. The lowest BCUT2D eigenvalue weighted by Crippen LogP contribution is -2.40. The lowest BCUT2D eigenvalue weighted by atomic mass is 9.80. The molecule has 3 atom stereocenters. The van der Waals surface area contributed by atoms with Gasteiger partial charge in [-0.15, -0.1) is 0 Å². The van der Waals surface area contributed by atoms with Gasteiger partial charge in [-0.3, -0.25) is 9.59 Å². The summed E-state index contributed by atoms with van der Waals surface area (Å²) in [6.45, 7) is 0. The van der Waals surface area contributed by atoms with Gasteiger partial charge in [0.15, 0.2) is 5.03 Å². The average Bonchev–Trinajstić information content (AvgIpc) is 2.69. The number of carbonyl (C=O) groups is 2. The number of rotatable bonds is 3. The molecule has 0 saturated heterocycles. The van der Waals surface area contributed by atoms with Crippen LogP contribution in [0, 0.1) is 17.8 Å². The lowest BCUT2D eigenvalue weighted by molar-refractivity contribution is -0.131. The Bertz CT molecular complexity index is 655. The summed E-state index contributed by atoms with van der Waals surface area (Å²) in [7, 11) is -3.93. The Morgan fingerprint density at radius 3 is 2.43 bits per heavy atom. The summed E-state index contributed by atoms with van der Waals surface area (Å²) in [6, 6.07) is 4.49. The molecule has 2 aliphatic rings. The highest BCUT2D eigenvalue weighted by molar-refractivity contribution is 7.90. The van der Waals surface area contributed by atoms with E-state index in [1.807, 2.05) is 0 Å². The zero-order chi connectivity index (χ0) is 15.0. The lowest BCUT2D eigenvalue weighted by Gasteiger charge is -2.25. The van der Waals surface area contributed by atoms with Gasteiger partial charge >= 0.3 is 0 Å². The molecular weight excluding hydrogens is 292 g/mol. The molecule has 2 saturated carbocycles. The molecule has 6 nitrogen and oxygen atoms in total. The van der Waals surface area contributed by atoms with Crippen LogP contribution in [0.3, 0.4) is 0 Å². The third-order valence-corrected chi connectivity index (χ3v) is 5.59. The fourth-order valence-electron chi connectivity index (χ4n) is 3.26. The third kappa shape index (κ3) is 2.70. The normalized spacial score (nSPS) is 28.4. The zero-order valence-corrected chi connectivity index (χ0v) is 12.2. The van der Waals surface area contributed by atoms with Crippen LogP contribution in [0.5, 0.6) is 0 Å². The summed E-state index contributed by atoms with van der Waals surface area (Å²) >= 11 is 0. The van der Waals surface area contributed by atoms with Crippen molar-refractivity contribution in [1.82, 2.24) is 9.71 Å². The van der Waals surface area contributed by atoms with E-state index in [9.17, 15) is 18.0 Å². The van der Waals surface area contributed by atoms with Gasteiger partial charge in [-0.25, -0.2) is 9.71 Å². The quantitative estimate of drug-likeness (QED) is 0.895. The van der Waals surface area contributed by atoms with Gasteiger partial charge in [-0.1, -0.05) is 6.07 Å². The first-order valence-corrected chi connectivity index (χ1v) is 8.47. The molecule has 3 rings (SSSR count). The van der Waals surface area contributed by atoms with E-state index in [-0.39, 0.29) is 22.6 Å². The molecule has 2 aliphatic carbocycles. The predicted molar refractivity (Wildman–Crippen MR) is 73.5 cm³/mol. The average molecular weight is 308 g/mol. The van der Waals surface area contributed by atoms with Crippen molar-refractivity contribution in [3.05, 3.63) is 24.4 Å². The van der Waals surface area contributed by atoms with Crippen molar-refractivity contribution in [3.63, 3.8) is 0 Å². The molecule has 1 N–H and O–H groups in total. The number of hydrogen-bond donors (Lipinski definition) is 1. The number of ketones is 1. The molecule has 0 spiro atoms. The number of Topliss-reactive ketones (excluding diaryl/α,β-unsaturated/α-hetero) is 1. The topological polar surface area (TPSA) is 93.2 Å². The monoisotopic (exact) mass is 308 g/mol. The molecule has 2 fully saturated rings. The number of nitrogens with zero attached hydrogens (tertiary/aromatic N) is 1. The Balaban J connectivity index is 1.71. The van der Waals surface area contributed by atoms with Crippen molar-refractivity contribution in [1.29, 1.82) is 0 Å². The number of fused-ring (bicyclic) bond motifs is 2. The summed E-state index contributed by atoms with van der Waals surface area (Å²) < 4.78 is 26.2. The maximum Gasteiger partial charge on any atom is 0.281 e. The van der Waals surface area contributed by atoms with Gasteiger partial charge in [-0.05, 0) is 37.8 Å². The molecule has 1 heterocycles. The van der Waals surface area contributed by atoms with E-state index in [2.05, 4.69) is 9.71 Å². The Kier molecular flexibility index (Phi) is 3.52. The SMILES string of the molecule is O=C(NS(=O)(=O)c1ccccn1)C1C[C@H]2CC[C@@H](C1)C2=O. The van der Waals surface area contributed by atoms with E-state index < -0.39 is 21.8 Å². The number of carbonyl (C=O) groups excluding carboxylic acids is 2. The standard InChI is InChI=1S/C14H16N2O4S/c17-13-9-4-5-10(13)8-11(7-9)14(18)16-21(19,20)12-3-1-2-6-15-12/h1-3,6,9-11H,4-5,7-8H2,(H,16,18)/t9-,10+,11?. The molecule has 0 aliphatic heterocycles. The van der Waals surface area contributed by atoms with Crippen LogP contribution >= 0.6 is 0 Å². The molecule has 2 bridgehead atoms. The van der Waals surface area contributed by atoms with Crippen LogP contribution in [0.25, 0.3) is 0 Å². The highest BCUT2D eigenvalue weighted by Crippen LogP contribution is 2.42. The van der Waals surface area contributed by atoms with Crippen LogP contribution in [0.2, 0.25) is 0 Å². The van der Waals surface area contributed by atoms with Gasteiger partial charge in [0.25, 0.3) is 10.0 Å². The van der Waals surface area contributed by atoms with Crippen LogP contribution in [0.1, 0.15) is 25.7 Å². The van der Waals surface area contributed by atoms with Crippen LogP contribution in [0.15, 0.2) is 29.4 Å². The summed E-state index contributed by atoms with van der Waals surface area (Å²) in [6.07, 6.45) is 3.91. The molecule has 112 valence electrons. The number of nitrogens with one attached hydrogen (secondary N) is 1. The first kappa shape index (κ1) is 14.2. The first-order chi connectivity index (χ1) is 9.97.